The van der Waals surface area contributed by atoms with E-state index in [0.717, 1.165) is 19.3 Å². The summed E-state index contributed by atoms with van der Waals surface area (Å²) in [7, 11) is -3.22. The summed E-state index contributed by atoms with van der Waals surface area (Å²) in [5, 5.41) is 2.70. The molecule has 1 fully saturated rings. The van der Waals surface area contributed by atoms with Gasteiger partial charge in [-0.25, -0.2) is 13.1 Å². The summed E-state index contributed by atoms with van der Waals surface area (Å²) in [4.78, 5) is 14.2. The number of carbonyl (C=O) groups excluding carboxylic acids is 1. The summed E-state index contributed by atoms with van der Waals surface area (Å²) in [5.74, 6) is -0.128. The van der Waals surface area contributed by atoms with Crippen LogP contribution in [-0.2, 0) is 26.1 Å². The molecule has 8 heteroatoms. The van der Waals surface area contributed by atoms with Gasteiger partial charge in [-0.3, -0.25) is 9.69 Å². The van der Waals surface area contributed by atoms with Crippen molar-refractivity contribution in [2.75, 3.05) is 39.0 Å². The molecule has 1 aromatic carbocycles. The summed E-state index contributed by atoms with van der Waals surface area (Å²) >= 11 is 0. The van der Waals surface area contributed by atoms with Crippen LogP contribution >= 0.6 is 0 Å². The molecule has 1 heterocycles. The van der Waals surface area contributed by atoms with Crippen LogP contribution in [0.1, 0.15) is 12.0 Å². The number of ether oxygens (including phenoxy) is 1. The Morgan fingerprint density at radius 2 is 2.04 bits per heavy atom. The van der Waals surface area contributed by atoms with Gasteiger partial charge < -0.3 is 10.1 Å². The van der Waals surface area contributed by atoms with E-state index in [0.29, 0.717) is 13.2 Å². The zero-order valence-electron chi connectivity index (χ0n) is 13.9. The van der Waals surface area contributed by atoms with Crippen LogP contribution in [0.15, 0.2) is 30.3 Å². The van der Waals surface area contributed by atoms with Crippen LogP contribution in [0, 0.1) is 0 Å². The van der Waals surface area contributed by atoms with Gasteiger partial charge in [-0.05, 0) is 5.56 Å². The Labute approximate surface area is 143 Å². The summed E-state index contributed by atoms with van der Waals surface area (Å²) in [5.41, 5.74) is 1.24. The molecule has 0 aromatic heterocycles. The van der Waals surface area contributed by atoms with Gasteiger partial charge in [-0.2, -0.15) is 0 Å². The highest BCUT2D eigenvalue weighted by atomic mass is 32.2. The second kappa shape index (κ2) is 9.12. The highest BCUT2D eigenvalue weighted by molar-refractivity contribution is 7.88. The van der Waals surface area contributed by atoms with Crippen LogP contribution in [0.5, 0.6) is 0 Å². The normalized spacial score (nSPS) is 19.1. The molecular weight excluding hydrogens is 330 g/mol. The van der Waals surface area contributed by atoms with Crippen molar-refractivity contribution in [1.82, 2.24) is 14.9 Å². The molecule has 1 atom stereocenters. The maximum absolute atomic E-state index is 11.9. The lowest BCUT2D eigenvalue weighted by molar-refractivity contribution is -0.126. The average molecular weight is 355 g/mol. The van der Waals surface area contributed by atoms with Crippen molar-refractivity contribution < 1.29 is 17.9 Å². The number of amides is 1. The van der Waals surface area contributed by atoms with Crippen molar-refractivity contribution in [2.45, 2.75) is 19.1 Å². The van der Waals surface area contributed by atoms with E-state index in [1.165, 1.54) is 5.56 Å². The highest BCUT2D eigenvalue weighted by Crippen LogP contribution is 2.12. The summed E-state index contributed by atoms with van der Waals surface area (Å²) in [6.07, 6.45) is 1.24. The van der Waals surface area contributed by atoms with Crippen LogP contribution in [0.25, 0.3) is 0 Å². The van der Waals surface area contributed by atoms with E-state index < -0.39 is 10.0 Å². The Balaban J connectivity index is 1.69. The van der Waals surface area contributed by atoms with Gasteiger partial charge in [0.1, 0.15) is 0 Å². The molecule has 7 nitrogen and oxygen atoms in total. The monoisotopic (exact) mass is 355 g/mol. The molecule has 1 unspecified atom stereocenters. The van der Waals surface area contributed by atoms with Crippen molar-refractivity contribution in [1.29, 1.82) is 0 Å². The Morgan fingerprint density at radius 1 is 1.29 bits per heavy atom. The van der Waals surface area contributed by atoms with Gasteiger partial charge in [0.25, 0.3) is 0 Å². The van der Waals surface area contributed by atoms with E-state index >= 15 is 0 Å². The van der Waals surface area contributed by atoms with E-state index in [1.54, 1.807) is 0 Å². The first-order chi connectivity index (χ1) is 11.4. The zero-order valence-corrected chi connectivity index (χ0v) is 14.7. The number of nitrogens with one attached hydrogen (secondary N) is 2. The molecule has 1 amide bonds. The number of hydrogen-bond acceptors (Lipinski definition) is 5. The van der Waals surface area contributed by atoms with E-state index in [1.807, 2.05) is 18.2 Å². The van der Waals surface area contributed by atoms with E-state index in [9.17, 15) is 13.2 Å². The molecule has 1 aliphatic heterocycles. The fourth-order valence-corrected chi connectivity index (χ4v) is 3.08. The Kier molecular flexibility index (Phi) is 7.16. The lowest BCUT2D eigenvalue weighted by Crippen LogP contribution is -2.44. The molecule has 0 spiro atoms. The minimum absolute atomic E-state index is 0.128. The SMILES string of the molecule is CS(=O)(=O)NCCNC(=O)CC1CN(Cc2ccccc2)CCO1. The minimum Gasteiger partial charge on any atom is -0.375 e. The lowest BCUT2D eigenvalue weighted by atomic mass is 10.1. The maximum Gasteiger partial charge on any atom is 0.222 e. The van der Waals surface area contributed by atoms with Crippen molar-refractivity contribution in [3.8, 4) is 0 Å². The molecular formula is C16H25N3O4S. The third kappa shape index (κ3) is 7.39. The minimum atomic E-state index is -3.22. The smallest absolute Gasteiger partial charge is 0.222 e. The van der Waals surface area contributed by atoms with Crippen LogP contribution < -0.4 is 10.0 Å². The quantitative estimate of drug-likeness (QED) is 0.638. The number of benzene rings is 1. The first kappa shape index (κ1) is 18.9. The predicted molar refractivity (Wildman–Crippen MR) is 91.9 cm³/mol. The van der Waals surface area contributed by atoms with Crippen LogP contribution in [0.2, 0.25) is 0 Å². The number of sulfonamides is 1. The Morgan fingerprint density at radius 3 is 2.75 bits per heavy atom. The van der Waals surface area contributed by atoms with E-state index in [2.05, 4.69) is 27.1 Å². The molecule has 1 aromatic rings. The number of carbonyl (C=O) groups is 1. The summed E-state index contributed by atoms with van der Waals surface area (Å²) in [6, 6.07) is 10.2. The fourth-order valence-electron chi connectivity index (χ4n) is 2.61. The molecule has 0 radical (unpaired) electrons. The topological polar surface area (TPSA) is 87.7 Å². The van der Waals surface area contributed by atoms with Gasteiger partial charge in [0, 0.05) is 32.7 Å². The molecule has 134 valence electrons. The van der Waals surface area contributed by atoms with Crippen LogP contribution in [0.3, 0.4) is 0 Å². The van der Waals surface area contributed by atoms with Gasteiger partial charge in [-0.1, -0.05) is 30.3 Å². The number of hydrogen-bond donors (Lipinski definition) is 2. The molecule has 0 aliphatic carbocycles. The fraction of sp³-hybridized carbons (Fsp3) is 0.562. The van der Waals surface area contributed by atoms with E-state index in [4.69, 9.17) is 4.74 Å². The largest absolute Gasteiger partial charge is 0.375 e. The van der Waals surface area contributed by atoms with Crippen LogP contribution in [-0.4, -0.2) is 64.4 Å². The second-order valence-corrected chi connectivity index (χ2v) is 7.77. The number of rotatable bonds is 8. The molecule has 1 aliphatic rings. The first-order valence-electron chi connectivity index (χ1n) is 8.01. The second-order valence-electron chi connectivity index (χ2n) is 5.93. The maximum atomic E-state index is 11.9. The molecule has 2 rings (SSSR count). The van der Waals surface area contributed by atoms with E-state index in [-0.39, 0.29) is 31.5 Å². The molecule has 0 saturated carbocycles. The Bertz CT molecular complexity index is 621. The van der Waals surface area contributed by atoms with Crippen molar-refractivity contribution in [3.05, 3.63) is 35.9 Å². The number of morpholine rings is 1. The third-order valence-electron chi connectivity index (χ3n) is 3.70. The third-order valence-corrected chi connectivity index (χ3v) is 4.42. The van der Waals surface area contributed by atoms with Crippen molar-refractivity contribution >= 4 is 15.9 Å². The summed E-state index contributed by atoms with van der Waals surface area (Å²) in [6.45, 7) is 3.48. The van der Waals surface area contributed by atoms with Crippen molar-refractivity contribution in [3.63, 3.8) is 0 Å². The standard InChI is InChI=1S/C16H25N3O4S/c1-24(21,22)18-8-7-17-16(20)11-15-13-19(9-10-23-15)12-14-5-3-2-4-6-14/h2-6,15,18H,7-13H2,1H3,(H,17,20). The van der Waals surface area contributed by atoms with Crippen molar-refractivity contribution in [2.24, 2.45) is 0 Å². The van der Waals surface area contributed by atoms with Gasteiger partial charge in [0.2, 0.25) is 15.9 Å². The predicted octanol–water partition coefficient (Wildman–Crippen LogP) is -0.0571. The Hall–Kier alpha value is -1.48. The zero-order chi connectivity index (χ0) is 17.4. The highest BCUT2D eigenvalue weighted by Gasteiger charge is 2.22. The van der Waals surface area contributed by atoms with Gasteiger partial charge in [0.05, 0.1) is 25.4 Å². The lowest BCUT2D eigenvalue weighted by Gasteiger charge is -2.32. The average Bonchev–Trinajstić information content (AvgIpc) is 2.52. The van der Waals surface area contributed by atoms with Gasteiger partial charge >= 0.3 is 0 Å². The number of nitrogens with zero attached hydrogens (tertiary/aromatic N) is 1. The molecule has 2 N–H and O–H groups in total. The summed E-state index contributed by atoms with van der Waals surface area (Å²) < 4.78 is 29.9. The molecule has 24 heavy (non-hydrogen) atoms. The van der Waals surface area contributed by atoms with Crippen LogP contribution in [0.4, 0.5) is 0 Å². The molecule has 1 saturated heterocycles. The molecule has 0 bridgehead atoms. The van der Waals surface area contributed by atoms with Gasteiger partial charge in [0.15, 0.2) is 0 Å². The van der Waals surface area contributed by atoms with Gasteiger partial charge in [-0.15, -0.1) is 0 Å². The first-order valence-corrected chi connectivity index (χ1v) is 9.91.